The van der Waals surface area contributed by atoms with Crippen molar-refractivity contribution in [3.63, 3.8) is 0 Å². The fourth-order valence-corrected chi connectivity index (χ4v) is 0. The Morgan fingerprint density at radius 1 is 1.07 bits per heavy atom. The minimum atomic E-state index is -1.08. The van der Waals surface area contributed by atoms with E-state index in [0.717, 1.165) is 0 Å². The van der Waals surface area contributed by atoms with Crippen LogP contribution < -0.4 is 14.7 Å². The topological polar surface area (TPSA) is 158 Å². The summed E-state index contributed by atoms with van der Waals surface area (Å²) < 4.78 is 25.0. The van der Waals surface area contributed by atoms with Gasteiger partial charge in [0.1, 0.15) is 0 Å². The average molecular weight is 310 g/mol. The Hall–Kier alpha value is 0.364. The van der Waals surface area contributed by atoms with Crippen LogP contribution in [-0.2, 0) is 40.2 Å². The van der Waals surface area contributed by atoms with Gasteiger partial charge in [0.25, 0.3) is 5.97 Å². The van der Waals surface area contributed by atoms with Gasteiger partial charge in [-0.15, -0.1) is 0 Å². The zero-order valence-electron chi connectivity index (χ0n) is 7.06. The van der Waals surface area contributed by atoms with Crippen LogP contribution in [0.25, 0.3) is 0 Å². The fourth-order valence-electron chi connectivity index (χ4n) is 0. The van der Waals surface area contributed by atoms with Gasteiger partial charge in [0, 0.05) is 0 Å². The molecule has 0 aliphatic rings. The van der Waals surface area contributed by atoms with Gasteiger partial charge >= 0.3 is 21.7 Å². The summed E-state index contributed by atoms with van der Waals surface area (Å²) in [5.74, 6) is -0.856. The van der Waals surface area contributed by atoms with E-state index < -0.39 is 32.0 Å². The Labute approximate surface area is 105 Å². The summed E-state index contributed by atoms with van der Waals surface area (Å²) in [7, 11) is -3.25. The molecule has 0 aromatic rings. The van der Waals surface area contributed by atoms with Gasteiger partial charge in [-0.05, 0) is 0 Å². The fraction of sp³-hybridized carbons (Fsp3) is 0.333. The maximum Gasteiger partial charge on any atom is 4.00 e. The minimum Gasteiger partial charge on any atom is -0.772 e. The van der Waals surface area contributed by atoms with Crippen LogP contribution in [0.3, 0.4) is 0 Å². The molecular formula is C3H5O8P3Ti. The van der Waals surface area contributed by atoms with Gasteiger partial charge in [-0.2, -0.15) is 0 Å². The van der Waals surface area contributed by atoms with Crippen LogP contribution in [0, 0.1) is 6.92 Å². The van der Waals surface area contributed by atoms with Crippen molar-refractivity contribution in [3.8, 4) is 0 Å². The molecule has 0 spiro atoms. The van der Waals surface area contributed by atoms with Crippen molar-refractivity contribution in [1.29, 1.82) is 0 Å². The second-order valence-corrected chi connectivity index (χ2v) is 1.31. The van der Waals surface area contributed by atoms with Gasteiger partial charge in [-0.25, -0.2) is 0 Å². The molecule has 84 valence electrons. The van der Waals surface area contributed by atoms with E-state index in [0.29, 0.717) is 0 Å². The molecule has 0 saturated carbocycles. The summed E-state index contributed by atoms with van der Waals surface area (Å²) in [5.41, 5.74) is 0. The predicted molar refractivity (Wildman–Crippen MR) is 40.4 cm³/mol. The van der Waals surface area contributed by atoms with E-state index >= 15 is 0 Å². The summed E-state index contributed by atoms with van der Waals surface area (Å²) in [6, 6.07) is 0. The summed E-state index contributed by atoms with van der Waals surface area (Å²) in [4.78, 5) is 34.3. The molecule has 0 radical (unpaired) electrons. The molecule has 0 heterocycles. The first kappa shape index (κ1) is 29.5. The summed E-state index contributed by atoms with van der Waals surface area (Å²) >= 11 is 0. The molecule has 15 heavy (non-hydrogen) atoms. The van der Waals surface area contributed by atoms with Gasteiger partial charge in [-0.3, -0.25) is 18.5 Å². The second-order valence-electron chi connectivity index (χ2n) is 0.867. The van der Waals surface area contributed by atoms with E-state index in [4.69, 9.17) is 33.5 Å². The molecule has 8 nitrogen and oxygen atoms in total. The molecule has 0 atom stereocenters. The van der Waals surface area contributed by atoms with Crippen molar-refractivity contribution in [2.24, 2.45) is 0 Å². The van der Waals surface area contributed by atoms with Crippen LogP contribution in [0.4, 0.5) is 0 Å². The molecule has 12 heteroatoms. The molecule has 0 aromatic heterocycles. The maximum absolute atomic E-state index is 9.31. The van der Waals surface area contributed by atoms with Gasteiger partial charge in [-0.1, -0.05) is 6.42 Å². The van der Waals surface area contributed by atoms with Crippen molar-refractivity contribution in [2.45, 2.75) is 6.42 Å². The van der Waals surface area contributed by atoms with Crippen LogP contribution in [-0.4, -0.2) is 11.1 Å². The van der Waals surface area contributed by atoms with Crippen molar-refractivity contribution >= 4 is 32.0 Å². The van der Waals surface area contributed by atoms with Gasteiger partial charge in [0.2, 0.25) is 0 Å². The van der Waals surface area contributed by atoms with Crippen molar-refractivity contribution in [2.75, 3.05) is 0 Å². The molecule has 0 unspecified atom stereocenters. The van der Waals surface area contributed by atoms with E-state index in [9.17, 15) is 4.79 Å². The van der Waals surface area contributed by atoms with Crippen molar-refractivity contribution in [3.05, 3.63) is 6.92 Å². The summed E-state index contributed by atoms with van der Waals surface area (Å²) in [6.07, 6.45) is -0.0278. The first-order valence-electron chi connectivity index (χ1n) is 2.38. The molecular weight excluding hydrogens is 305 g/mol. The monoisotopic (exact) mass is 310 g/mol. The van der Waals surface area contributed by atoms with Gasteiger partial charge in [0.15, 0.2) is 0 Å². The molecule has 0 aromatic carbocycles. The van der Waals surface area contributed by atoms with Crippen molar-refractivity contribution < 1.29 is 60.0 Å². The Bertz CT molecular complexity index is 129. The molecule has 0 bridgehead atoms. The van der Waals surface area contributed by atoms with E-state index in [2.05, 4.69) is 6.92 Å². The van der Waals surface area contributed by atoms with Crippen LogP contribution >= 0.6 is 26.1 Å². The smallest absolute Gasteiger partial charge is 0.772 e. The first-order chi connectivity index (χ1) is 6.51. The number of carbonyl (C=O) groups is 1. The zero-order chi connectivity index (χ0) is 12.4. The van der Waals surface area contributed by atoms with Crippen LogP contribution in [0.15, 0.2) is 0 Å². The largest absolute Gasteiger partial charge is 4.00 e. The van der Waals surface area contributed by atoms with E-state index in [1.807, 2.05) is 0 Å². The standard InChI is InChI=1S/C3H5O2.3HO2P.Ti/c1-2-3(4)5;3*1-3-2;/h1-2H2,(H,4,5);3*(H,1,2);/q-1;;;;+4/p-3. The van der Waals surface area contributed by atoms with Crippen LogP contribution in [0.1, 0.15) is 6.42 Å². The van der Waals surface area contributed by atoms with E-state index in [-0.39, 0.29) is 28.1 Å². The van der Waals surface area contributed by atoms with Gasteiger partial charge in [0.05, 0.1) is 26.1 Å². The molecule has 0 rings (SSSR count). The van der Waals surface area contributed by atoms with E-state index in [1.54, 1.807) is 0 Å². The van der Waals surface area contributed by atoms with Gasteiger partial charge < -0.3 is 26.7 Å². The Kier molecular flexibility index (Phi) is 93.1. The molecule has 0 saturated heterocycles. The van der Waals surface area contributed by atoms with Crippen LogP contribution in [0.5, 0.6) is 0 Å². The number of hydrogen-bond acceptors (Lipinski definition) is 7. The second kappa shape index (κ2) is 47.3. The zero-order valence-corrected chi connectivity index (χ0v) is 11.3. The summed E-state index contributed by atoms with van der Waals surface area (Å²) in [6.45, 7) is 3.09. The summed E-state index contributed by atoms with van der Waals surface area (Å²) in [5, 5.41) is 7.66. The molecule has 1 N–H and O–H groups in total. The third-order valence-electron chi connectivity index (χ3n) is 0.214. The number of aliphatic carboxylic acids is 1. The Balaban J connectivity index is -0.0000000300. The SMILES string of the molecule is O=P[O-].O=P[O-].O=P[O-].[CH2-]CC(=O)O.[Ti+4]. The molecule has 0 fully saturated rings. The maximum atomic E-state index is 9.31. The average Bonchev–Trinajstić information content (AvgIpc) is 2.08. The molecule has 0 aliphatic heterocycles. The van der Waals surface area contributed by atoms with Crippen LogP contribution in [0.2, 0.25) is 0 Å². The quantitative estimate of drug-likeness (QED) is 0.365. The number of carboxylic acids is 1. The normalized spacial score (nSPS) is 6.67. The third-order valence-corrected chi connectivity index (χ3v) is 0.214. The van der Waals surface area contributed by atoms with Crippen molar-refractivity contribution in [1.82, 2.24) is 0 Å². The Morgan fingerprint density at radius 2 is 1.13 bits per heavy atom. The third kappa shape index (κ3) is 393. The number of rotatable bonds is 1. The predicted octanol–water partition coefficient (Wildman–Crippen LogP) is -1.05. The first-order valence-corrected chi connectivity index (χ1v) is 4.57. The number of carboxylic acid groups (broad SMARTS) is 1. The molecule has 0 aliphatic carbocycles. The minimum absolute atomic E-state index is 0. The molecule has 0 amide bonds. The Morgan fingerprint density at radius 3 is 1.13 bits per heavy atom. The van der Waals surface area contributed by atoms with E-state index in [1.165, 1.54) is 0 Å². The number of hydrogen-bond donors (Lipinski definition) is 1.